The molecule has 3 rings (SSSR count). The molecular weight excluding hydrogens is 200 g/mol. The van der Waals surface area contributed by atoms with Crippen LogP contribution in [0.15, 0.2) is 42.5 Å². The smallest absolute Gasteiger partial charge is 0.307 e. The minimum Gasteiger partial charge on any atom is -0.481 e. The molecule has 0 heterocycles. The molecule has 2 aliphatic carbocycles. The van der Waals surface area contributed by atoms with Crippen LogP contribution in [0.2, 0.25) is 0 Å². The van der Waals surface area contributed by atoms with Gasteiger partial charge in [-0.15, -0.1) is 0 Å². The lowest BCUT2D eigenvalue weighted by Crippen LogP contribution is -2.25. The van der Waals surface area contributed by atoms with Crippen molar-refractivity contribution in [2.24, 2.45) is 17.8 Å². The van der Waals surface area contributed by atoms with Gasteiger partial charge in [0.2, 0.25) is 0 Å². The third-order valence-corrected chi connectivity index (χ3v) is 3.93. The fraction of sp³-hybridized carbons (Fsp3) is 0.357. The van der Waals surface area contributed by atoms with E-state index < -0.39 is 5.97 Å². The summed E-state index contributed by atoms with van der Waals surface area (Å²) in [5.41, 5.74) is 1.17. The number of allylic oxidation sites excluding steroid dienone is 2. The summed E-state index contributed by atoms with van der Waals surface area (Å²) in [7, 11) is 0. The first-order valence-electron chi connectivity index (χ1n) is 5.73. The Morgan fingerprint density at radius 1 is 1.12 bits per heavy atom. The van der Waals surface area contributed by atoms with Gasteiger partial charge in [-0.25, -0.2) is 0 Å². The maximum Gasteiger partial charge on any atom is 0.307 e. The van der Waals surface area contributed by atoms with Crippen molar-refractivity contribution >= 4 is 5.97 Å². The topological polar surface area (TPSA) is 37.3 Å². The molecule has 0 radical (unpaired) electrons. The van der Waals surface area contributed by atoms with Gasteiger partial charge in [-0.3, -0.25) is 4.79 Å². The molecule has 0 saturated heterocycles. The predicted molar refractivity (Wildman–Crippen MR) is 61.0 cm³/mol. The Morgan fingerprint density at radius 2 is 1.81 bits per heavy atom. The molecule has 0 amide bonds. The minimum absolute atomic E-state index is 0.175. The fourth-order valence-corrected chi connectivity index (χ4v) is 3.29. The van der Waals surface area contributed by atoms with Crippen molar-refractivity contribution < 1.29 is 9.90 Å². The predicted octanol–water partition coefficient (Wildman–Crippen LogP) is 2.68. The first kappa shape index (κ1) is 9.64. The van der Waals surface area contributed by atoms with E-state index in [1.807, 2.05) is 18.2 Å². The molecule has 1 N–H and O–H groups in total. The molecular formula is C14H14O2. The molecule has 2 heteroatoms. The average Bonchev–Trinajstić information content (AvgIpc) is 2.89. The molecule has 0 spiro atoms. The lowest BCUT2D eigenvalue weighted by atomic mass is 9.78. The van der Waals surface area contributed by atoms with Crippen molar-refractivity contribution in [3.05, 3.63) is 48.0 Å². The van der Waals surface area contributed by atoms with Crippen LogP contribution in [0.5, 0.6) is 0 Å². The summed E-state index contributed by atoms with van der Waals surface area (Å²) in [6.45, 7) is 0. The molecule has 1 saturated carbocycles. The van der Waals surface area contributed by atoms with Gasteiger partial charge in [-0.2, -0.15) is 0 Å². The first-order chi connectivity index (χ1) is 7.77. The molecule has 0 unspecified atom stereocenters. The highest BCUT2D eigenvalue weighted by Gasteiger charge is 2.48. The molecule has 2 aliphatic rings. The summed E-state index contributed by atoms with van der Waals surface area (Å²) in [4.78, 5) is 11.3. The normalized spacial score (nSPS) is 35.5. The van der Waals surface area contributed by atoms with Crippen LogP contribution in [0.1, 0.15) is 17.9 Å². The Balaban J connectivity index is 2.00. The number of carbonyl (C=O) groups is 1. The van der Waals surface area contributed by atoms with E-state index >= 15 is 0 Å². The number of benzene rings is 1. The minimum atomic E-state index is -0.647. The highest BCUT2D eigenvalue weighted by atomic mass is 16.4. The van der Waals surface area contributed by atoms with E-state index in [1.54, 1.807) is 0 Å². The van der Waals surface area contributed by atoms with Crippen molar-refractivity contribution in [1.29, 1.82) is 0 Å². The number of carboxylic acid groups (broad SMARTS) is 1. The van der Waals surface area contributed by atoms with Crippen LogP contribution in [-0.2, 0) is 4.79 Å². The SMILES string of the molecule is O=C(O)[C@@H]1[C@H](c2ccccc2)[C@H]2C=C[C@@H]1C2. The third kappa shape index (κ3) is 1.29. The summed E-state index contributed by atoms with van der Waals surface area (Å²) in [6.07, 6.45) is 5.29. The number of rotatable bonds is 2. The molecule has 2 bridgehead atoms. The van der Waals surface area contributed by atoms with Gasteiger partial charge in [-0.1, -0.05) is 42.5 Å². The van der Waals surface area contributed by atoms with Crippen LogP contribution in [0.3, 0.4) is 0 Å². The highest BCUT2D eigenvalue weighted by molar-refractivity contribution is 5.73. The van der Waals surface area contributed by atoms with Crippen molar-refractivity contribution in [2.45, 2.75) is 12.3 Å². The number of carboxylic acids is 1. The van der Waals surface area contributed by atoms with Crippen molar-refractivity contribution in [2.75, 3.05) is 0 Å². The molecule has 82 valence electrons. The van der Waals surface area contributed by atoms with Crippen molar-refractivity contribution in [3.8, 4) is 0 Å². The summed E-state index contributed by atoms with van der Waals surface area (Å²) in [5.74, 6) is -0.0296. The Labute approximate surface area is 94.6 Å². The van der Waals surface area contributed by atoms with E-state index in [1.165, 1.54) is 5.56 Å². The molecule has 16 heavy (non-hydrogen) atoms. The zero-order valence-electron chi connectivity index (χ0n) is 8.91. The zero-order chi connectivity index (χ0) is 11.1. The number of aliphatic carboxylic acids is 1. The zero-order valence-corrected chi connectivity index (χ0v) is 8.91. The second-order valence-electron chi connectivity index (χ2n) is 4.75. The van der Waals surface area contributed by atoms with E-state index in [-0.39, 0.29) is 17.8 Å². The van der Waals surface area contributed by atoms with Crippen LogP contribution in [-0.4, -0.2) is 11.1 Å². The van der Waals surface area contributed by atoms with Gasteiger partial charge in [-0.05, 0) is 23.8 Å². The Morgan fingerprint density at radius 3 is 2.50 bits per heavy atom. The first-order valence-corrected chi connectivity index (χ1v) is 5.73. The maximum atomic E-state index is 11.3. The summed E-state index contributed by atoms with van der Waals surface area (Å²) in [5, 5.41) is 9.33. The molecule has 4 atom stereocenters. The van der Waals surface area contributed by atoms with Gasteiger partial charge in [0.25, 0.3) is 0 Å². The second-order valence-corrected chi connectivity index (χ2v) is 4.75. The number of hydrogen-bond donors (Lipinski definition) is 1. The summed E-state index contributed by atoms with van der Waals surface area (Å²) >= 11 is 0. The quantitative estimate of drug-likeness (QED) is 0.768. The molecule has 1 aromatic rings. The van der Waals surface area contributed by atoms with E-state index in [0.29, 0.717) is 5.92 Å². The Kier molecular flexibility index (Phi) is 2.10. The fourth-order valence-electron chi connectivity index (χ4n) is 3.29. The molecule has 1 aromatic carbocycles. The van der Waals surface area contributed by atoms with Crippen LogP contribution < -0.4 is 0 Å². The van der Waals surface area contributed by atoms with Gasteiger partial charge < -0.3 is 5.11 Å². The van der Waals surface area contributed by atoms with Gasteiger partial charge in [0.05, 0.1) is 5.92 Å². The average molecular weight is 214 g/mol. The largest absolute Gasteiger partial charge is 0.481 e. The highest BCUT2D eigenvalue weighted by Crippen LogP contribution is 2.52. The lowest BCUT2D eigenvalue weighted by molar-refractivity contribution is -0.143. The molecule has 0 aromatic heterocycles. The summed E-state index contributed by atoms with van der Waals surface area (Å²) < 4.78 is 0. The third-order valence-electron chi connectivity index (χ3n) is 3.93. The van der Waals surface area contributed by atoms with Crippen LogP contribution in [0.4, 0.5) is 0 Å². The maximum absolute atomic E-state index is 11.3. The van der Waals surface area contributed by atoms with Crippen molar-refractivity contribution in [3.63, 3.8) is 0 Å². The number of fused-ring (bicyclic) bond motifs is 2. The van der Waals surface area contributed by atoms with Gasteiger partial charge >= 0.3 is 5.97 Å². The van der Waals surface area contributed by atoms with Crippen molar-refractivity contribution in [1.82, 2.24) is 0 Å². The van der Waals surface area contributed by atoms with Gasteiger partial charge in [0, 0.05) is 5.92 Å². The van der Waals surface area contributed by atoms with Gasteiger partial charge in [0.1, 0.15) is 0 Å². The molecule has 2 nitrogen and oxygen atoms in total. The number of hydrogen-bond acceptors (Lipinski definition) is 1. The van der Waals surface area contributed by atoms with Crippen LogP contribution in [0.25, 0.3) is 0 Å². The Bertz CT molecular complexity index is 435. The van der Waals surface area contributed by atoms with Crippen LogP contribution >= 0.6 is 0 Å². The Hall–Kier alpha value is -1.57. The van der Waals surface area contributed by atoms with E-state index in [0.717, 1.165) is 6.42 Å². The van der Waals surface area contributed by atoms with E-state index in [4.69, 9.17) is 0 Å². The standard InChI is InChI=1S/C14H14O2/c15-14(16)13-11-7-6-10(8-11)12(13)9-4-2-1-3-5-9/h1-7,10-13H,8H2,(H,15,16)/t10-,11+,12+,13-/m0/s1. The monoisotopic (exact) mass is 214 g/mol. The second kappa shape index (κ2) is 3.48. The van der Waals surface area contributed by atoms with Gasteiger partial charge in [0.15, 0.2) is 0 Å². The lowest BCUT2D eigenvalue weighted by Gasteiger charge is -2.25. The molecule has 1 fully saturated rings. The van der Waals surface area contributed by atoms with Crippen LogP contribution in [0, 0.1) is 17.8 Å². The van der Waals surface area contributed by atoms with E-state index in [9.17, 15) is 9.90 Å². The molecule has 0 aliphatic heterocycles. The summed E-state index contributed by atoms with van der Waals surface area (Å²) in [6, 6.07) is 10.1. The van der Waals surface area contributed by atoms with E-state index in [2.05, 4.69) is 24.3 Å².